The molecule has 4 nitrogen and oxygen atoms in total. The topological polar surface area (TPSA) is 75.3 Å². The van der Waals surface area contributed by atoms with Gasteiger partial charge in [-0.1, -0.05) is 0 Å². The van der Waals surface area contributed by atoms with E-state index in [1.807, 2.05) is 0 Å². The predicted octanol–water partition coefficient (Wildman–Crippen LogP) is 0.785. The summed E-state index contributed by atoms with van der Waals surface area (Å²) in [6.45, 7) is 3.75. The molecule has 0 atom stereocenters. The van der Waals surface area contributed by atoms with Gasteiger partial charge in [-0.3, -0.25) is 4.79 Å². The molecule has 1 rings (SSSR count). The standard InChI is InChI=1S/C12H17FN2O2/c1-12(2,7-16)15-6-9-5-8(11(14)17)3-4-10(9)13/h3-5,15-16H,6-7H2,1-2H3,(H2,14,17). The minimum Gasteiger partial charge on any atom is -0.394 e. The van der Waals surface area contributed by atoms with Gasteiger partial charge in [0, 0.05) is 23.2 Å². The zero-order chi connectivity index (χ0) is 13.1. The summed E-state index contributed by atoms with van der Waals surface area (Å²) in [5.74, 6) is -0.996. The van der Waals surface area contributed by atoms with E-state index in [0.717, 1.165) is 0 Å². The molecule has 0 saturated carbocycles. The molecule has 0 fully saturated rings. The molecule has 1 aromatic carbocycles. The maximum absolute atomic E-state index is 13.5. The van der Waals surface area contributed by atoms with Crippen molar-refractivity contribution in [2.45, 2.75) is 25.9 Å². The summed E-state index contributed by atoms with van der Waals surface area (Å²) in [7, 11) is 0. The number of primary amides is 1. The van der Waals surface area contributed by atoms with Gasteiger partial charge in [0.15, 0.2) is 0 Å². The zero-order valence-electron chi connectivity index (χ0n) is 9.96. The third kappa shape index (κ3) is 3.80. The third-order valence-corrected chi connectivity index (χ3v) is 2.48. The fourth-order valence-electron chi connectivity index (χ4n) is 1.25. The van der Waals surface area contributed by atoms with Gasteiger partial charge in [0.2, 0.25) is 5.91 Å². The lowest BCUT2D eigenvalue weighted by Gasteiger charge is -2.23. The molecule has 0 spiro atoms. The van der Waals surface area contributed by atoms with E-state index in [1.54, 1.807) is 13.8 Å². The van der Waals surface area contributed by atoms with Gasteiger partial charge in [0.1, 0.15) is 5.82 Å². The Morgan fingerprint density at radius 3 is 2.71 bits per heavy atom. The molecule has 17 heavy (non-hydrogen) atoms. The number of amides is 1. The Morgan fingerprint density at radius 1 is 1.53 bits per heavy atom. The molecule has 5 heteroatoms. The van der Waals surface area contributed by atoms with Gasteiger partial charge in [-0.25, -0.2) is 4.39 Å². The lowest BCUT2D eigenvalue weighted by Crippen LogP contribution is -2.42. The van der Waals surface area contributed by atoms with Crippen LogP contribution < -0.4 is 11.1 Å². The average Bonchev–Trinajstić information content (AvgIpc) is 2.27. The molecule has 0 heterocycles. The number of hydrogen-bond donors (Lipinski definition) is 3. The van der Waals surface area contributed by atoms with Crippen LogP contribution in [-0.4, -0.2) is 23.2 Å². The SMILES string of the molecule is CC(C)(CO)NCc1cc(C(N)=O)ccc1F. The van der Waals surface area contributed by atoms with Crippen LogP contribution in [0, 0.1) is 5.82 Å². The fraction of sp³-hybridized carbons (Fsp3) is 0.417. The summed E-state index contributed by atoms with van der Waals surface area (Å²) in [6, 6.07) is 3.97. The molecule has 4 N–H and O–H groups in total. The highest BCUT2D eigenvalue weighted by Gasteiger charge is 2.16. The quantitative estimate of drug-likeness (QED) is 0.712. The van der Waals surface area contributed by atoms with Crippen molar-refractivity contribution in [3.63, 3.8) is 0 Å². The van der Waals surface area contributed by atoms with Crippen LogP contribution in [0.15, 0.2) is 18.2 Å². The van der Waals surface area contributed by atoms with Crippen molar-refractivity contribution < 1.29 is 14.3 Å². The van der Waals surface area contributed by atoms with E-state index in [2.05, 4.69) is 5.32 Å². The van der Waals surface area contributed by atoms with E-state index in [9.17, 15) is 9.18 Å². The van der Waals surface area contributed by atoms with Crippen LogP contribution >= 0.6 is 0 Å². The smallest absolute Gasteiger partial charge is 0.248 e. The largest absolute Gasteiger partial charge is 0.394 e. The molecule has 0 radical (unpaired) electrons. The van der Waals surface area contributed by atoms with E-state index in [1.165, 1.54) is 18.2 Å². The second-order valence-electron chi connectivity index (χ2n) is 4.57. The van der Waals surface area contributed by atoms with Gasteiger partial charge in [-0.2, -0.15) is 0 Å². The Labute approximate surface area is 99.6 Å². The minimum atomic E-state index is -0.590. The number of carbonyl (C=O) groups excluding carboxylic acids is 1. The van der Waals surface area contributed by atoms with Crippen LogP contribution in [0.3, 0.4) is 0 Å². The molecule has 0 bridgehead atoms. The van der Waals surface area contributed by atoms with Crippen LogP contribution in [0.2, 0.25) is 0 Å². The molecule has 0 aliphatic rings. The summed E-state index contributed by atoms with van der Waals surface area (Å²) in [5, 5.41) is 12.0. The summed E-state index contributed by atoms with van der Waals surface area (Å²) < 4.78 is 13.5. The number of nitrogens with two attached hydrogens (primary N) is 1. The molecular formula is C12H17FN2O2. The first-order valence-electron chi connectivity index (χ1n) is 5.30. The Kier molecular flexibility index (Phi) is 4.20. The van der Waals surface area contributed by atoms with E-state index < -0.39 is 17.3 Å². The minimum absolute atomic E-state index is 0.0653. The fourth-order valence-corrected chi connectivity index (χ4v) is 1.25. The Balaban J connectivity index is 2.83. The van der Waals surface area contributed by atoms with Gasteiger partial charge in [-0.15, -0.1) is 0 Å². The summed E-state index contributed by atoms with van der Waals surface area (Å²) in [5.41, 5.74) is 5.23. The molecular weight excluding hydrogens is 223 g/mol. The van der Waals surface area contributed by atoms with E-state index in [0.29, 0.717) is 5.56 Å². The maximum atomic E-state index is 13.5. The van der Waals surface area contributed by atoms with Crippen molar-refractivity contribution >= 4 is 5.91 Å². The number of aliphatic hydroxyl groups is 1. The van der Waals surface area contributed by atoms with Crippen molar-refractivity contribution in [2.75, 3.05) is 6.61 Å². The molecule has 0 saturated heterocycles. The van der Waals surface area contributed by atoms with Gasteiger partial charge in [0.25, 0.3) is 0 Å². The molecule has 94 valence electrons. The van der Waals surface area contributed by atoms with Crippen molar-refractivity contribution in [1.82, 2.24) is 5.32 Å². The Bertz CT molecular complexity index is 419. The zero-order valence-corrected chi connectivity index (χ0v) is 9.96. The van der Waals surface area contributed by atoms with Crippen molar-refractivity contribution in [2.24, 2.45) is 5.73 Å². The number of carbonyl (C=O) groups is 1. The van der Waals surface area contributed by atoms with Crippen LogP contribution in [0.1, 0.15) is 29.8 Å². The van der Waals surface area contributed by atoms with Gasteiger partial charge in [-0.05, 0) is 32.0 Å². The maximum Gasteiger partial charge on any atom is 0.248 e. The summed E-state index contributed by atoms with van der Waals surface area (Å²) in [6.07, 6.45) is 0. The Morgan fingerprint density at radius 2 is 2.18 bits per heavy atom. The first-order chi connectivity index (χ1) is 7.85. The number of rotatable bonds is 5. The van der Waals surface area contributed by atoms with Crippen LogP contribution in [0.25, 0.3) is 0 Å². The molecule has 0 unspecified atom stereocenters. The average molecular weight is 240 g/mol. The molecule has 1 aromatic rings. The number of aliphatic hydroxyl groups excluding tert-OH is 1. The predicted molar refractivity (Wildman–Crippen MR) is 62.9 cm³/mol. The van der Waals surface area contributed by atoms with E-state index >= 15 is 0 Å². The van der Waals surface area contributed by atoms with Gasteiger partial charge in [0.05, 0.1) is 6.61 Å². The first-order valence-corrected chi connectivity index (χ1v) is 5.30. The second kappa shape index (κ2) is 5.25. The summed E-state index contributed by atoms with van der Waals surface area (Å²) in [4.78, 5) is 11.0. The van der Waals surface area contributed by atoms with Crippen molar-refractivity contribution in [3.8, 4) is 0 Å². The lowest BCUT2D eigenvalue weighted by molar-refractivity contribution is 0.1000. The number of halogens is 1. The number of benzene rings is 1. The third-order valence-electron chi connectivity index (χ3n) is 2.48. The highest BCUT2D eigenvalue weighted by molar-refractivity contribution is 5.92. The van der Waals surface area contributed by atoms with Crippen LogP contribution in [-0.2, 0) is 6.54 Å². The Hall–Kier alpha value is -1.46. The lowest BCUT2D eigenvalue weighted by atomic mass is 10.1. The number of hydrogen-bond acceptors (Lipinski definition) is 3. The van der Waals surface area contributed by atoms with Gasteiger partial charge >= 0.3 is 0 Å². The second-order valence-corrected chi connectivity index (χ2v) is 4.57. The normalized spacial score (nSPS) is 11.5. The van der Waals surface area contributed by atoms with Crippen molar-refractivity contribution in [3.05, 3.63) is 35.1 Å². The molecule has 0 aliphatic carbocycles. The monoisotopic (exact) mass is 240 g/mol. The highest BCUT2D eigenvalue weighted by Crippen LogP contribution is 2.12. The first kappa shape index (κ1) is 13.6. The highest BCUT2D eigenvalue weighted by atomic mass is 19.1. The van der Waals surface area contributed by atoms with Gasteiger partial charge < -0.3 is 16.2 Å². The van der Waals surface area contributed by atoms with E-state index in [-0.39, 0.29) is 18.7 Å². The van der Waals surface area contributed by atoms with E-state index in [4.69, 9.17) is 10.8 Å². The summed E-state index contributed by atoms with van der Waals surface area (Å²) >= 11 is 0. The van der Waals surface area contributed by atoms with Crippen molar-refractivity contribution in [1.29, 1.82) is 0 Å². The van der Waals surface area contributed by atoms with Crippen LogP contribution in [0.5, 0.6) is 0 Å². The number of nitrogens with one attached hydrogen (secondary N) is 1. The molecule has 0 aliphatic heterocycles. The molecule has 0 aromatic heterocycles. The molecule has 1 amide bonds. The van der Waals surface area contributed by atoms with Crippen LogP contribution in [0.4, 0.5) is 4.39 Å².